The molecule has 1 aromatic heterocycles. The Labute approximate surface area is 160 Å². The molecule has 0 aliphatic heterocycles. The van der Waals surface area contributed by atoms with Gasteiger partial charge >= 0.3 is 0 Å². The number of aliphatic imine (C=N–C) groups is 1. The van der Waals surface area contributed by atoms with Crippen molar-refractivity contribution in [3.8, 4) is 17.4 Å². The van der Waals surface area contributed by atoms with E-state index in [4.69, 9.17) is 14.2 Å². The van der Waals surface area contributed by atoms with E-state index in [1.807, 2.05) is 36.4 Å². The van der Waals surface area contributed by atoms with Gasteiger partial charge in [-0.15, -0.1) is 0 Å². The van der Waals surface area contributed by atoms with Crippen LogP contribution in [0.3, 0.4) is 0 Å². The van der Waals surface area contributed by atoms with Crippen molar-refractivity contribution in [3.05, 3.63) is 48.2 Å². The molecule has 7 nitrogen and oxygen atoms in total. The molecule has 0 aliphatic rings. The van der Waals surface area contributed by atoms with Gasteiger partial charge in [0.25, 0.3) is 0 Å². The highest BCUT2D eigenvalue weighted by atomic mass is 16.5. The molecule has 1 aromatic carbocycles. The SMILES string of the molecule is CCCOc1ccc(Oc2ncccc2CNC(=NC)NCCOC)cc1. The van der Waals surface area contributed by atoms with Gasteiger partial charge in [0.15, 0.2) is 5.96 Å². The molecule has 2 N–H and O–H groups in total. The number of hydrogen-bond donors (Lipinski definition) is 2. The highest BCUT2D eigenvalue weighted by Crippen LogP contribution is 2.25. The molecule has 7 heteroatoms. The Morgan fingerprint density at radius 1 is 1.07 bits per heavy atom. The number of hydrogen-bond acceptors (Lipinski definition) is 5. The molecule has 0 saturated heterocycles. The molecule has 0 saturated carbocycles. The van der Waals surface area contributed by atoms with Crippen LogP contribution in [0.1, 0.15) is 18.9 Å². The van der Waals surface area contributed by atoms with E-state index >= 15 is 0 Å². The summed E-state index contributed by atoms with van der Waals surface area (Å²) < 4.78 is 16.6. The molecule has 0 amide bonds. The number of benzene rings is 1. The maximum atomic E-state index is 5.95. The third kappa shape index (κ3) is 7.15. The molecule has 2 aromatic rings. The first kappa shape index (κ1) is 20.5. The van der Waals surface area contributed by atoms with E-state index in [0.717, 1.165) is 17.7 Å². The van der Waals surface area contributed by atoms with Crippen LogP contribution >= 0.6 is 0 Å². The van der Waals surface area contributed by atoms with Gasteiger partial charge in [-0.3, -0.25) is 4.99 Å². The first-order valence-electron chi connectivity index (χ1n) is 9.05. The molecular weight excluding hydrogens is 344 g/mol. The Bertz CT molecular complexity index is 705. The molecule has 146 valence electrons. The summed E-state index contributed by atoms with van der Waals surface area (Å²) in [5, 5.41) is 6.42. The molecular formula is C20H28N4O3. The number of rotatable bonds is 10. The van der Waals surface area contributed by atoms with Crippen LogP contribution in [0.25, 0.3) is 0 Å². The third-order valence-electron chi connectivity index (χ3n) is 3.63. The molecule has 27 heavy (non-hydrogen) atoms. The van der Waals surface area contributed by atoms with Crippen molar-refractivity contribution in [2.24, 2.45) is 4.99 Å². The second-order valence-electron chi connectivity index (χ2n) is 5.73. The van der Waals surface area contributed by atoms with E-state index in [2.05, 4.69) is 27.5 Å². The maximum Gasteiger partial charge on any atom is 0.224 e. The van der Waals surface area contributed by atoms with Gasteiger partial charge in [0.05, 0.1) is 13.2 Å². The summed E-state index contributed by atoms with van der Waals surface area (Å²) in [4.78, 5) is 8.54. The summed E-state index contributed by atoms with van der Waals surface area (Å²) >= 11 is 0. The summed E-state index contributed by atoms with van der Waals surface area (Å²) in [7, 11) is 3.39. The van der Waals surface area contributed by atoms with Gasteiger partial charge in [-0.1, -0.05) is 13.0 Å². The molecule has 0 aliphatic carbocycles. The van der Waals surface area contributed by atoms with Gasteiger partial charge in [0.1, 0.15) is 11.5 Å². The zero-order valence-corrected chi connectivity index (χ0v) is 16.2. The number of guanidine groups is 1. The fraction of sp³-hybridized carbons (Fsp3) is 0.400. The van der Waals surface area contributed by atoms with E-state index in [9.17, 15) is 0 Å². The summed E-state index contributed by atoms with van der Waals surface area (Å²) in [6.45, 7) is 4.61. The zero-order valence-electron chi connectivity index (χ0n) is 16.2. The second-order valence-corrected chi connectivity index (χ2v) is 5.73. The molecule has 0 unspecified atom stereocenters. The average Bonchev–Trinajstić information content (AvgIpc) is 2.71. The predicted octanol–water partition coefficient (Wildman–Crippen LogP) is 2.97. The quantitative estimate of drug-likeness (QED) is 0.379. The molecule has 1 heterocycles. The lowest BCUT2D eigenvalue weighted by Gasteiger charge is -2.14. The Hall–Kier alpha value is -2.80. The average molecular weight is 372 g/mol. The van der Waals surface area contributed by atoms with Crippen LogP contribution in [-0.2, 0) is 11.3 Å². The zero-order chi connectivity index (χ0) is 19.3. The number of aromatic nitrogens is 1. The predicted molar refractivity (Wildman–Crippen MR) is 107 cm³/mol. The van der Waals surface area contributed by atoms with Crippen molar-refractivity contribution in [2.75, 3.05) is 33.9 Å². The minimum atomic E-state index is 0.535. The lowest BCUT2D eigenvalue weighted by molar-refractivity contribution is 0.203. The minimum absolute atomic E-state index is 0.535. The van der Waals surface area contributed by atoms with Crippen LogP contribution in [0, 0.1) is 0 Å². The molecule has 0 atom stereocenters. The topological polar surface area (TPSA) is 77.0 Å². The Kier molecular flexibility index (Phi) is 8.92. The van der Waals surface area contributed by atoms with Crippen molar-refractivity contribution in [1.29, 1.82) is 0 Å². The standard InChI is InChI=1S/C20H28N4O3/c1-4-13-26-17-7-9-18(10-8-17)27-19-16(6-5-11-22-19)15-24-20(21-2)23-12-14-25-3/h5-11H,4,12-15H2,1-3H3,(H2,21,23,24). The van der Waals surface area contributed by atoms with Gasteiger partial charge < -0.3 is 24.8 Å². The molecule has 0 bridgehead atoms. The summed E-state index contributed by atoms with van der Waals surface area (Å²) in [6, 6.07) is 11.4. The minimum Gasteiger partial charge on any atom is -0.494 e. The van der Waals surface area contributed by atoms with E-state index in [1.54, 1.807) is 20.4 Å². The van der Waals surface area contributed by atoms with Crippen LogP contribution in [0.15, 0.2) is 47.6 Å². The van der Waals surface area contributed by atoms with Gasteiger partial charge in [-0.05, 0) is 36.8 Å². The lowest BCUT2D eigenvalue weighted by Crippen LogP contribution is -2.38. The van der Waals surface area contributed by atoms with Crippen molar-refractivity contribution in [1.82, 2.24) is 15.6 Å². The van der Waals surface area contributed by atoms with Crippen LogP contribution < -0.4 is 20.1 Å². The maximum absolute atomic E-state index is 5.95. The fourth-order valence-corrected chi connectivity index (χ4v) is 2.26. The Balaban J connectivity index is 1.96. The van der Waals surface area contributed by atoms with Crippen LogP contribution in [0.4, 0.5) is 0 Å². The monoisotopic (exact) mass is 372 g/mol. The summed E-state index contributed by atoms with van der Waals surface area (Å²) in [6.07, 6.45) is 2.69. The molecule has 0 spiro atoms. The van der Waals surface area contributed by atoms with Gasteiger partial charge in [0, 0.05) is 39.0 Å². The highest BCUT2D eigenvalue weighted by Gasteiger charge is 2.07. The fourth-order valence-electron chi connectivity index (χ4n) is 2.26. The summed E-state index contributed by atoms with van der Waals surface area (Å²) in [5.74, 6) is 2.79. The van der Waals surface area contributed by atoms with Crippen LogP contribution in [0.2, 0.25) is 0 Å². The number of methoxy groups -OCH3 is 1. The largest absolute Gasteiger partial charge is 0.494 e. The molecule has 0 fully saturated rings. The normalized spacial score (nSPS) is 11.1. The summed E-state index contributed by atoms with van der Waals surface area (Å²) in [5.41, 5.74) is 0.929. The number of nitrogens with one attached hydrogen (secondary N) is 2. The molecule has 0 radical (unpaired) electrons. The van der Waals surface area contributed by atoms with Crippen molar-refractivity contribution in [3.63, 3.8) is 0 Å². The van der Waals surface area contributed by atoms with Gasteiger partial charge in [0.2, 0.25) is 5.88 Å². The first-order chi connectivity index (χ1) is 13.3. The Morgan fingerprint density at radius 3 is 2.56 bits per heavy atom. The van der Waals surface area contributed by atoms with Gasteiger partial charge in [-0.2, -0.15) is 0 Å². The van der Waals surface area contributed by atoms with Crippen molar-refractivity contribution >= 4 is 5.96 Å². The number of nitrogens with zero attached hydrogens (tertiary/aromatic N) is 2. The smallest absolute Gasteiger partial charge is 0.224 e. The van der Waals surface area contributed by atoms with E-state index in [0.29, 0.717) is 43.9 Å². The third-order valence-corrected chi connectivity index (χ3v) is 3.63. The van der Waals surface area contributed by atoms with E-state index < -0.39 is 0 Å². The Morgan fingerprint density at radius 2 is 1.85 bits per heavy atom. The number of pyridine rings is 1. The van der Waals surface area contributed by atoms with Crippen molar-refractivity contribution in [2.45, 2.75) is 19.9 Å². The van der Waals surface area contributed by atoms with Crippen LogP contribution in [-0.4, -0.2) is 44.9 Å². The highest BCUT2D eigenvalue weighted by molar-refractivity contribution is 5.79. The van der Waals surface area contributed by atoms with Crippen LogP contribution in [0.5, 0.6) is 17.4 Å². The second kappa shape index (κ2) is 11.7. The van der Waals surface area contributed by atoms with Crippen molar-refractivity contribution < 1.29 is 14.2 Å². The lowest BCUT2D eigenvalue weighted by atomic mass is 10.2. The first-order valence-corrected chi connectivity index (χ1v) is 9.05. The van der Waals surface area contributed by atoms with E-state index in [1.165, 1.54) is 0 Å². The van der Waals surface area contributed by atoms with E-state index in [-0.39, 0.29) is 0 Å². The molecule has 2 rings (SSSR count). The number of ether oxygens (including phenoxy) is 3. The van der Waals surface area contributed by atoms with Gasteiger partial charge in [-0.25, -0.2) is 4.98 Å².